The van der Waals surface area contributed by atoms with Gasteiger partial charge in [0.1, 0.15) is 0 Å². The number of hydrogen-bond donors (Lipinski definition) is 1. The van der Waals surface area contributed by atoms with E-state index in [4.69, 9.17) is 5.73 Å². The Bertz CT molecular complexity index is 236. The molecule has 14 heavy (non-hydrogen) atoms. The van der Waals surface area contributed by atoms with Crippen LogP contribution < -0.4 is 5.73 Å². The molecule has 0 amide bonds. The molecule has 0 heterocycles. The Labute approximate surface area is 89.1 Å². The zero-order valence-corrected chi connectivity index (χ0v) is 10.1. The lowest BCUT2D eigenvalue weighted by molar-refractivity contribution is 1.14. The molecule has 0 aromatic heterocycles. The molecule has 1 aliphatic carbocycles. The van der Waals surface area contributed by atoms with E-state index in [0.717, 1.165) is 24.1 Å². The Morgan fingerprint density at radius 1 is 1.14 bits per heavy atom. The highest BCUT2D eigenvalue weighted by atomic mass is 14.6. The van der Waals surface area contributed by atoms with E-state index in [9.17, 15) is 0 Å². The van der Waals surface area contributed by atoms with Gasteiger partial charge in [0.2, 0.25) is 0 Å². The van der Waals surface area contributed by atoms with Crippen LogP contribution in [0.4, 0.5) is 0 Å². The van der Waals surface area contributed by atoms with Crippen molar-refractivity contribution in [3.63, 3.8) is 0 Å². The number of nitrogens with two attached hydrogens (primary N) is 1. The maximum Gasteiger partial charge on any atom is 0.0489 e. The van der Waals surface area contributed by atoms with Crippen LogP contribution in [0.15, 0.2) is 23.4 Å². The van der Waals surface area contributed by atoms with Crippen molar-refractivity contribution in [1.29, 1.82) is 0 Å². The van der Waals surface area contributed by atoms with Crippen LogP contribution in [0.2, 0.25) is 0 Å². The number of allylic oxidation sites excluding steroid dienone is 4. The first kappa shape index (κ1) is 15.3. The molecule has 0 atom stereocenters. The molecule has 0 radical (unpaired) electrons. The van der Waals surface area contributed by atoms with Gasteiger partial charge in [-0.2, -0.15) is 0 Å². The molecule has 2 N–H and O–H groups in total. The average molecular weight is 193 g/mol. The van der Waals surface area contributed by atoms with Crippen LogP contribution in [0.1, 0.15) is 47.5 Å². The second kappa shape index (κ2) is 11.8. The van der Waals surface area contributed by atoms with Crippen LogP contribution in [0.3, 0.4) is 0 Å². The van der Waals surface area contributed by atoms with E-state index in [2.05, 4.69) is 11.8 Å². The minimum atomic E-state index is 0.718. The first-order chi connectivity index (χ1) is 6.80. The first-order valence-electron chi connectivity index (χ1n) is 5.38. The van der Waals surface area contributed by atoms with Crippen LogP contribution in [0.5, 0.6) is 0 Å². The Kier molecular flexibility index (Phi) is 13.0. The third-order valence-electron chi connectivity index (χ3n) is 1.50. The third kappa shape index (κ3) is 7.49. The molecule has 0 unspecified atom stereocenters. The van der Waals surface area contributed by atoms with E-state index >= 15 is 0 Å². The fraction of sp³-hybridized carbons (Fsp3) is 0.538. The quantitative estimate of drug-likeness (QED) is 0.584. The van der Waals surface area contributed by atoms with Crippen LogP contribution in [0, 0.1) is 11.8 Å². The van der Waals surface area contributed by atoms with Crippen LogP contribution >= 0.6 is 0 Å². The molecule has 0 aromatic carbocycles. The summed E-state index contributed by atoms with van der Waals surface area (Å²) in [6.07, 6.45) is 5.64. The normalized spacial score (nSPS) is 20.6. The topological polar surface area (TPSA) is 26.0 Å². The second-order valence-electron chi connectivity index (χ2n) is 2.35. The molecule has 80 valence electrons. The van der Waals surface area contributed by atoms with E-state index in [1.807, 2.05) is 46.8 Å². The van der Waals surface area contributed by atoms with Gasteiger partial charge in [-0.25, -0.2) is 0 Å². The van der Waals surface area contributed by atoms with E-state index < -0.39 is 0 Å². The molecule has 0 fully saturated rings. The summed E-state index contributed by atoms with van der Waals surface area (Å²) in [6, 6.07) is 0. The van der Waals surface area contributed by atoms with Crippen molar-refractivity contribution in [2.45, 2.75) is 47.5 Å². The van der Waals surface area contributed by atoms with Crippen molar-refractivity contribution in [2.24, 2.45) is 5.73 Å². The second-order valence-corrected chi connectivity index (χ2v) is 2.35. The lowest BCUT2D eigenvalue weighted by Gasteiger charge is -1.99. The van der Waals surface area contributed by atoms with Crippen LogP contribution in [0.25, 0.3) is 0 Å². The molecule has 0 spiro atoms. The Balaban J connectivity index is 0. The van der Waals surface area contributed by atoms with Gasteiger partial charge in [0.05, 0.1) is 0 Å². The fourth-order valence-corrected chi connectivity index (χ4v) is 0.771. The predicted octanol–water partition coefficient (Wildman–Crippen LogP) is 3.62. The summed E-state index contributed by atoms with van der Waals surface area (Å²) in [5, 5.41) is 0. The average Bonchev–Trinajstić information content (AvgIpc) is 2.26. The monoisotopic (exact) mass is 193 g/mol. The van der Waals surface area contributed by atoms with Crippen LogP contribution in [-0.4, -0.2) is 0 Å². The summed E-state index contributed by atoms with van der Waals surface area (Å²) in [7, 11) is 0. The summed E-state index contributed by atoms with van der Waals surface area (Å²) in [5.41, 5.74) is 7.71. The van der Waals surface area contributed by atoms with E-state index in [0.29, 0.717) is 0 Å². The molecular weight excluding hydrogens is 170 g/mol. The Morgan fingerprint density at radius 2 is 1.71 bits per heavy atom. The summed E-state index contributed by atoms with van der Waals surface area (Å²) >= 11 is 0. The minimum Gasteiger partial charge on any atom is -0.401 e. The highest BCUT2D eigenvalue weighted by Gasteiger charge is 1.92. The van der Waals surface area contributed by atoms with Gasteiger partial charge in [-0.15, -0.1) is 0 Å². The van der Waals surface area contributed by atoms with Crippen molar-refractivity contribution >= 4 is 0 Å². The zero-order valence-electron chi connectivity index (χ0n) is 10.1. The third-order valence-corrected chi connectivity index (χ3v) is 1.50. The summed E-state index contributed by atoms with van der Waals surface area (Å²) in [4.78, 5) is 0. The highest BCUT2D eigenvalue weighted by molar-refractivity contribution is 5.28. The van der Waals surface area contributed by atoms with E-state index in [1.54, 1.807) is 0 Å². The maximum absolute atomic E-state index is 5.67. The molecule has 1 heteroatoms. The predicted molar refractivity (Wildman–Crippen MR) is 65.7 cm³/mol. The van der Waals surface area contributed by atoms with Crippen molar-refractivity contribution in [3.05, 3.63) is 23.4 Å². The smallest absolute Gasteiger partial charge is 0.0489 e. The lowest BCUT2D eigenvalue weighted by atomic mass is 10.1. The van der Waals surface area contributed by atoms with Crippen LogP contribution in [-0.2, 0) is 0 Å². The fourth-order valence-electron chi connectivity index (χ4n) is 0.771. The highest BCUT2D eigenvalue weighted by Crippen LogP contribution is 2.05. The summed E-state index contributed by atoms with van der Waals surface area (Å²) < 4.78 is 0. The Morgan fingerprint density at radius 3 is 2.29 bits per heavy atom. The van der Waals surface area contributed by atoms with Gasteiger partial charge in [0.25, 0.3) is 0 Å². The largest absolute Gasteiger partial charge is 0.401 e. The molecule has 0 bridgehead atoms. The van der Waals surface area contributed by atoms with Crippen molar-refractivity contribution < 1.29 is 0 Å². The maximum atomic E-state index is 5.67. The Hall–Kier alpha value is -1.16. The van der Waals surface area contributed by atoms with E-state index in [1.165, 1.54) is 0 Å². The number of rotatable bonds is 0. The molecule has 0 aromatic rings. The molecule has 1 rings (SSSR count). The molecule has 1 aliphatic rings. The minimum absolute atomic E-state index is 0.718. The van der Waals surface area contributed by atoms with Gasteiger partial charge in [0, 0.05) is 18.5 Å². The molecule has 0 saturated heterocycles. The van der Waals surface area contributed by atoms with Crippen molar-refractivity contribution in [3.8, 4) is 11.8 Å². The molecule has 0 aliphatic heterocycles. The van der Waals surface area contributed by atoms with Gasteiger partial charge in [-0.05, 0) is 12.5 Å². The molecule has 1 nitrogen and oxygen atoms in total. The van der Waals surface area contributed by atoms with Gasteiger partial charge >= 0.3 is 0 Å². The van der Waals surface area contributed by atoms with Crippen molar-refractivity contribution in [2.75, 3.05) is 0 Å². The molecule has 0 saturated carbocycles. The zero-order chi connectivity index (χ0) is 11.4. The van der Waals surface area contributed by atoms with E-state index in [-0.39, 0.29) is 0 Å². The lowest BCUT2D eigenvalue weighted by Crippen LogP contribution is -1.99. The van der Waals surface area contributed by atoms with Gasteiger partial charge in [-0.3, -0.25) is 0 Å². The summed E-state index contributed by atoms with van der Waals surface area (Å²) in [6.45, 7) is 10.0. The van der Waals surface area contributed by atoms with Gasteiger partial charge < -0.3 is 5.73 Å². The number of hydrogen-bond acceptors (Lipinski definition) is 1. The molecular formula is C13H23N. The van der Waals surface area contributed by atoms with Crippen molar-refractivity contribution in [1.82, 2.24) is 0 Å². The van der Waals surface area contributed by atoms with Gasteiger partial charge in [-0.1, -0.05) is 51.7 Å². The first-order valence-corrected chi connectivity index (χ1v) is 5.38. The SMILES string of the molecule is CC.CC.CC1=C(\N)CC#CC/C=C\1. The summed E-state index contributed by atoms with van der Waals surface area (Å²) in [5.74, 6) is 5.97. The standard InChI is InChI=1S/C9H11N.2C2H6/c1-8-6-4-2-3-5-7-9(8)10;2*1-2/h4,6H,2,7,10H2,1H3;2*1-2H3/b6-4-,9-8+;;. The van der Waals surface area contributed by atoms with Gasteiger partial charge in [0.15, 0.2) is 0 Å².